The average Bonchev–Trinajstić information content (AvgIpc) is 2.44. The molecule has 12 heteroatoms. The molecule has 0 radical (unpaired) electrons. The number of amides is 1. The molecule has 1 aromatic rings. The predicted octanol–water partition coefficient (Wildman–Crippen LogP) is 2.11. The molecule has 0 saturated carbocycles. The molecule has 8 nitrogen and oxygen atoms in total. The molecule has 0 aliphatic rings. The maximum Gasteiger partial charge on any atom is 0.458 e. The van der Waals surface area contributed by atoms with Crippen LogP contribution in [0.4, 0.5) is 28.9 Å². The minimum Gasteiger partial charge on any atom is -0.477 e. The third kappa shape index (κ3) is 3.53. The summed E-state index contributed by atoms with van der Waals surface area (Å²) in [4.78, 5) is 31.8. The Morgan fingerprint density at radius 2 is 1.87 bits per heavy atom. The third-order valence-corrected chi connectivity index (χ3v) is 2.62. The summed E-state index contributed by atoms with van der Waals surface area (Å²) in [5, 5.41) is 20.9. The number of rotatable bonds is 5. The van der Waals surface area contributed by atoms with E-state index in [1.54, 1.807) is 0 Å². The van der Waals surface area contributed by atoms with Crippen LogP contribution in [0.2, 0.25) is 0 Å². The van der Waals surface area contributed by atoms with Gasteiger partial charge in [0.15, 0.2) is 0 Å². The van der Waals surface area contributed by atoms with Crippen LogP contribution in [0.25, 0.3) is 0 Å². The molecule has 126 valence electrons. The van der Waals surface area contributed by atoms with Gasteiger partial charge in [-0.15, -0.1) is 0 Å². The fourth-order valence-electron chi connectivity index (χ4n) is 1.49. The molecule has 1 rings (SSSR count). The predicted molar refractivity (Wildman–Crippen MR) is 65.6 cm³/mol. The topological polar surface area (TPSA) is 119 Å². The number of ether oxygens (including phenoxy) is 1. The van der Waals surface area contributed by atoms with Gasteiger partial charge in [-0.05, 0) is 12.1 Å². The number of nitrogens with one attached hydrogen (secondary N) is 1. The molecule has 1 atom stereocenters. The van der Waals surface area contributed by atoms with Gasteiger partial charge in [0.2, 0.25) is 0 Å². The number of alkyl halides is 4. The molecule has 1 amide bonds. The molecule has 0 saturated heterocycles. The van der Waals surface area contributed by atoms with E-state index in [1.165, 1.54) is 5.32 Å². The summed E-state index contributed by atoms with van der Waals surface area (Å²) in [6, 6.07) is 1.92. The molecule has 23 heavy (non-hydrogen) atoms. The smallest absolute Gasteiger partial charge is 0.458 e. The van der Waals surface area contributed by atoms with E-state index in [1.807, 2.05) is 0 Å². The summed E-state index contributed by atoms with van der Waals surface area (Å²) < 4.78 is 54.6. The average molecular weight is 340 g/mol. The number of hydrogen-bond donors (Lipinski definition) is 2. The Bertz CT molecular complexity index is 662. The normalized spacial score (nSPS) is 14.0. The quantitative estimate of drug-likeness (QED) is 0.481. The van der Waals surface area contributed by atoms with E-state index in [9.17, 15) is 37.3 Å². The van der Waals surface area contributed by atoms with Gasteiger partial charge in [0.05, 0.1) is 4.92 Å². The molecule has 2 N–H and O–H groups in total. The number of halogens is 4. The molecule has 0 unspecified atom stereocenters. The first-order chi connectivity index (χ1) is 10.4. The van der Waals surface area contributed by atoms with Gasteiger partial charge >= 0.3 is 18.0 Å². The largest absolute Gasteiger partial charge is 0.477 e. The number of nitro groups is 1. The molecule has 0 aromatic heterocycles. The maximum atomic E-state index is 13.6. The van der Waals surface area contributed by atoms with Crippen molar-refractivity contribution in [3.05, 3.63) is 33.9 Å². The second-order valence-corrected chi connectivity index (χ2v) is 4.05. The molecule has 1 aromatic carbocycles. The lowest BCUT2D eigenvalue weighted by Gasteiger charge is -2.24. The fourth-order valence-corrected chi connectivity index (χ4v) is 1.49. The van der Waals surface area contributed by atoms with Crippen LogP contribution in [0, 0.1) is 10.1 Å². The summed E-state index contributed by atoms with van der Waals surface area (Å²) in [6.07, 6.45) is -5.70. The van der Waals surface area contributed by atoms with Gasteiger partial charge in [-0.3, -0.25) is 14.9 Å². The molecule has 0 aliphatic carbocycles. The van der Waals surface area contributed by atoms with Crippen LogP contribution in [-0.4, -0.2) is 41.0 Å². The highest BCUT2D eigenvalue weighted by Crippen LogP contribution is 2.36. The second kappa shape index (κ2) is 6.16. The van der Waals surface area contributed by atoms with Gasteiger partial charge in [0.1, 0.15) is 5.56 Å². The Hall–Kier alpha value is -2.76. The lowest BCUT2D eigenvalue weighted by Crippen LogP contribution is -2.52. The van der Waals surface area contributed by atoms with Crippen molar-refractivity contribution in [1.82, 2.24) is 0 Å². The standard InChI is InChI=1S/C11H8F4N2O6/c1-23-10(12,11(13,14)15)9(20)16-5-2-3-6(8(18)19)7(4-5)17(21)22/h2-4H,1H3,(H,16,20)(H,18,19)/t10-/m0/s1. The highest BCUT2D eigenvalue weighted by molar-refractivity contribution is 5.98. The van der Waals surface area contributed by atoms with Crippen LogP contribution >= 0.6 is 0 Å². The number of hydrogen-bond acceptors (Lipinski definition) is 5. The highest BCUT2D eigenvalue weighted by atomic mass is 19.4. The van der Waals surface area contributed by atoms with Gasteiger partial charge in [-0.1, -0.05) is 0 Å². The number of nitro benzene ring substituents is 1. The van der Waals surface area contributed by atoms with Crippen LogP contribution < -0.4 is 5.32 Å². The Balaban J connectivity index is 3.20. The SMILES string of the molecule is CO[C@@](F)(C(=O)Nc1ccc(C(=O)O)c([N+](=O)[O-])c1)C(F)(F)F. The summed E-state index contributed by atoms with van der Waals surface area (Å²) in [5.74, 6) is -8.61. The highest BCUT2D eigenvalue weighted by Gasteiger charge is 2.63. The van der Waals surface area contributed by atoms with Crippen molar-refractivity contribution in [3.63, 3.8) is 0 Å². The molecule has 0 fully saturated rings. The van der Waals surface area contributed by atoms with E-state index in [2.05, 4.69) is 4.74 Å². The van der Waals surface area contributed by atoms with Gasteiger partial charge in [0.25, 0.3) is 11.6 Å². The molecule has 0 heterocycles. The van der Waals surface area contributed by atoms with E-state index in [0.29, 0.717) is 19.2 Å². The number of aromatic carboxylic acids is 1. The number of benzene rings is 1. The van der Waals surface area contributed by atoms with E-state index in [0.717, 1.165) is 6.07 Å². The van der Waals surface area contributed by atoms with Crippen molar-refractivity contribution < 1.29 is 41.9 Å². The van der Waals surface area contributed by atoms with Gasteiger partial charge < -0.3 is 15.2 Å². The molecular formula is C11H8F4N2O6. The zero-order valence-electron chi connectivity index (χ0n) is 11.2. The van der Waals surface area contributed by atoms with E-state index < -0.39 is 45.8 Å². The number of carbonyl (C=O) groups excluding carboxylic acids is 1. The molecule has 0 bridgehead atoms. The molecule has 0 aliphatic heterocycles. The number of anilines is 1. The summed E-state index contributed by atoms with van der Waals surface area (Å²) in [5.41, 5.74) is -2.37. The lowest BCUT2D eigenvalue weighted by atomic mass is 10.1. The first-order valence-electron chi connectivity index (χ1n) is 5.58. The number of carboxylic acids is 1. The van der Waals surface area contributed by atoms with Crippen LogP contribution in [0.15, 0.2) is 18.2 Å². The van der Waals surface area contributed by atoms with Crippen molar-refractivity contribution in [2.45, 2.75) is 12.0 Å². The Labute approximate surface area is 124 Å². The van der Waals surface area contributed by atoms with Gasteiger partial charge in [-0.2, -0.15) is 17.6 Å². The van der Waals surface area contributed by atoms with Crippen LogP contribution in [-0.2, 0) is 9.53 Å². The number of nitrogens with zero attached hydrogens (tertiary/aromatic N) is 1. The van der Waals surface area contributed by atoms with Gasteiger partial charge in [-0.25, -0.2) is 4.79 Å². The van der Waals surface area contributed by atoms with Crippen molar-refractivity contribution >= 4 is 23.3 Å². The van der Waals surface area contributed by atoms with Crippen molar-refractivity contribution in [2.24, 2.45) is 0 Å². The first-order valence-corrected chi connectivity index (χ1v) is 5.58. The Morgan fingerprint density at radius 1 is 1.30 bits per heavy atom. The van der Waals surface area contributed by atoms with E-state index in [4.69, 9.17) is 5.11 Å². The minimum absolute atomic E-state index is 0.309. The Morgan fingerprint density at radius 3 is 2.26 bits per heavy atom. The van der Waals surface area contributed by atoms with Crippen LogP contribution in [0.3, 0.4) is 0 Å². The number of carbonyl (C=O) groups is 2. The summed E-state index contributed by atoms with van der Waals surface area (Å²) in [7, 11) is 0.309. The summed E-state index contributed by atoms with van der Waals surface area (Å²) in [6.45, 7) is 0. The van der Waals surface area contributed by atoms with Crippen LogP contribution in [0.5, 0.6) is 0 Å². The maximum absolute atomic E-state index is 13.6. The second-order valence-electron chi connectivity index (χ2n) is 4.05. The summed E-state index contributed by atoms with van der Waals surface area (Å²) >= 11 is 0. The Kier molecular flexibility index (Phi) is 4.90. The van der Waals surface area contributed by atoms with E-state index in [-0.39, 0.29) is 0 Å². The van der Waals surface area contributed by atoms with E-state index >= 15 is 0 Å². The third-order valence-electron chi connectivity index (χ3n) is 2.62. The lowest BCUT2D eigenvalue weighted by molar-refractivity contribution is -0.385. The van der Waals surface area contributed by atoms with Crippen molar-refractivity contribution in [3.8, 4) is 0 Å². The minimum atomic E-state index is -5.70. The van der Waals surface area contributed by atoms with Crippen molar-refractivity contribution in [1.29, 1.82) is 0 Å². The first kappa shape index (κ1) is 18.3. The molecule has 0 spiro atoms. The zero-order valence-corrected chi connectivity index (χ0v) is 11.2. The number of carboxylic acid groups (broad SMARTS) is 1. The zero-order chi connectivity index (χ0) is 18.0. The van der Waals surface area contributed by atoms with Crippen LogP contribution in [0.1, 0.15) is 10.4 Å². The fraction of sp³-hybridized carbons (Fsp3) is 0.273. The monoisotopic (exact) mass is 340 g/mol. The van der Waals surface area contributed by atoms with Crippen molar-refractivity contribution in [2.75, 3.05) is 12.4 Å². The molecular weight excluding hydrogens is 332 g/mol. The number of methoxy groups -OCH3 is 1. The van der Waals surface area contributed by atoms with Gasteiger partial charge in [0, 0.05) is 18.9 Å².